The van der Waals surface area contributed by atoms with Gasteiger partial charge in [0.05, 0.1) is 11.5 Å². The summed E-state index contributed by atoms with van der Waals surface area (Å²) < 4.78 is 31.2. The van der Waals surface area contributed by atoms with Crippen LogP contribution in [0.5, 0.6) is 0 Å². The van der Waals surface area contributed by atoms with Crippen molar-refractivity contribution in [2.24, 2.45) is 0 Å². The highest BCUT2D eigenvalue weighted by atomic mass is 32.2. The summed E-state index contributed by atoms with van der Waals surface area (Å²) in [5.41, 5.74) is -0.170. The van der Waals surface area contributed by atoms with Crippen LogP contribution >= 0.6 is 0 Å². The van der Waals surface area contributed by atoms with Crippen LogP contribution in [0.3, 0.4) is 0 Å². The third kappa shape index (κ3) is 3.01. The van der Waals surface area contributed by atoms with E-state index < -0.39 is 21.7 Å². The first-order chi connectivity index (χ1) is 8.92. The number of benzene rings is 1. The molecule has 102 valence electrons. The van der Waals surface area contributed by atoms with E-state index in [2.05, 4.69) is 4.72 Å². The molecule has 1 atom stereocenters. The summed E-state index contributed by atoms with van der Waals surface area (Å²) in [6, 6.07) is 6.32. The fourth-order valence-corrected chi connectivity index (χ4v) is 2.86. The minimum Gasteiger partial charge on any atom is -0.423 e. The van der Waals surface area contributed by atoms with Crippen molar-refractivity contribution in [2.75, 3.05) is 6.61 Å². The van der Waals surface area contributed by atoms with Crippen molar-refractivity contribution in [3.63, 3.8) is 0 Å². The van der Waals surface area contributed by atoms with E-state index in [1.807, 2.05) is 0 Å². The average molecular weight is 283 g/mol. The Morgan fingerprint density at radius 1 is 1.32 bits per heavy atom. The molecular formula is C12H13NO5S. The van der Waals surface area contributed by atoms with Gasteiger partial charge in [-0.2, -0.15) is 0 Å². The highest BCUT2D eigenvalue weighted by molar-refractivity contribution is 7.89. The van der Waals surface area contributed by atoms with Crippen LogP contribution < -0.4 is 10.3 Å². The van der Waals surface area contributed by atoms with Crippen LogP contribution in [-0.4, -0.2) is 26.2 Å². The number of rotatable bonds is 4. The Hall–Kier alpha value is -1.70. The van der Waals surface area contributed by atoms with Gasteiger partial charge in [-0.05, 0) is 31.2 Å². The maximum absolute atomic E-state index is 12.0. The van der Waals surface area contributed by atoms with Crippen molar-refractivity contribution < 1.29 is 17.9 Å². The zero-order valence-corrected chi connectivity index (χ0v) is 11.0. The Morgan fingerprint density at radius 2 is 2.05 bits per heavy atom. The van der Waals surface area contributed by atoms with E-state index in [0.29, 0.717) is 11.0 Å². The Labute approximate surface area is 109 Å². The second kappa shape index (κ2) is 5.12. The van der Waals surface area contributed by atoms with E-state index >= 15 is 0 Å². The van der Waals surface area contributed by atoms with E-state index in [9.17, 15) is 13.2 Å². The lowest BCUT2D eigenvalue weighted by Crippen LogP contribution is -2.34. The molecule has 0 saturated heterocycles. The number of hydrogen-bond acceptors (Lipinski definition) is 5. The summed E-state index contributed by atoms with van der Waals surface area (Å²) in [6.45, 7) is 1.26. The standard InChI is InChI=1S/C12H13NO5S/c1-8(7-14)13-19(16,17)10-3-4-11-9(6-10)2-5-12(15)18-11/h2-6,8,13-14H,7H2,1H3. The van der Waals surface area contributed by atoms with Crippen molar-refractivity contribution >= 4 is 21.0 Å². The molecule has 0 aliphatic rings. The molecule has 0 spiro atoms. The van der Waals surface area contributed by atoms with E-state index in [-0.39, 0.29) is 11.5 Å². The molecule has 7 heteroatoms. The van der Waals surface area contributed by atoms with Crippen LogP contribution in [0.1, 0.15) is 6.92 Å². The summed E-state index contributed by atoms with van der Waals surface area (Å²) in [7, 11) is -3.70. The average Bonchev–Trinajstić information content (AvgIpc) is 2.37. The third-order valence-electron chi connectivity index (χ3n) is 2.53. The fourth-order valence-electron chi connectivity index (χ4n) is 1.59. The van der Waals surface area contributed by atoms with Crippen LogP contribution in [0, 0.1) is 0 Å². The summed E-state index contributed by atoms with van der Waals surface area (Å²) in [6.07, 6.45) is 0. The molecule has 0 amide bonds. The van der Waals surface area contributed by atoms with Gasteiger partial charge >= 0.3 is 5.63 Å². The Bertz CT molecular complexity index is 750. The maximum atomic E-state index is 12.0. The van der Waals surface area contributed by atoms with Gasteiger partial charge in [-0.15, -0.1) is 0 Å². The monoisotopic (exact) mass is 283 g/mol. The van der Waals surface area contributed by atoms with Gasteiger partial charge < -0.3 is 9.52 Å². The first-order valence-corrected chi connectivity index (χ1v) is 7.08. The van der Waals surface area contributed by atoms with Gasteiger partial charge in [0.2, 0.25) is 10.0 Å². The van der Waals surface area contributed by atoms with Crippen LogP contribution in [0.25, 0.3) is 11.0 Å². The number of sulfonamides is 1. The SMILES string of the molecule is CC(CO)NS(=O)(=O)c1ccc2oc(=O)ccc2c1. The maximum Gasteiger partial charge on any atom is 0.336 e. The Balaban J connectivity index is 2.46. The molecule has 1 unspecified atom stereocenters. The Morgan fingerprint density at radius 3 is 2.74 bits per heavy atom. The summed E-state index contributed by atoms with van der Waals surface area (Å²) in [5.74, 6) is 0. The van der Waals surface area contributed by atoms with Gasteiger partial charge in [-0.3, -0.25) is 0 Å². The zero-order valence-electron chi connectivity index (χ0n) is 10.2. The van der Waals surface area contributed by atoms with Gasteiger partial charge in [0.1, 0.15) is 5.58 Å². The van der Waals surface area contributed by atoms with Crippen LogP contribution in [0.2, 0.25) is 0 Å². The highest BCUT2D eigenvalue weighted by Crippen LogP contribution is 2.17. The van der Waals surface area contributed by atoms with E-state index in [1.165, 1.54) is 30.3 Å². The molecule has 2 rings (SSSR count). The molecular weight excluding hydrogens is 270 g/mol. The largest absolute Gasteiger partial charge is 0.423 e. The van der Waals surface area contributed by atoms with Gasteiger partial charge in [0.25, 0.3) is 0 Å². The first-order valence-electron chi connectivity index (χ1n) is 5.59. The highest BCUT2D eigenvalue weighted by Gasteiger charge is 2.17. The number of fused-ring (bicyclic) bond motifs is 1. The molecule has 1 aromatic heterocycles. The van der Waals surface area contributed by atoms with Crippen LogP contribution in [-0.2, 0) is 10.0 Å². The molecule has 0 radical (unpaired) electrons. The van der Waals surface area contributed by atoms with Crippen LogP contribution in [0.4, 0.5) is 0 Å². The van der Waals surface area contributed by atoms with Gasteiger partial charge in [-0.1, -0.05) is 0 Å². The molecule has 2 N–H and O–H groups in total. The lowest BCUT2D eigenvalue weighted by Gasteiger charge is -2.11. The lowest BCUT2D eigenvalue weighted by atomic mass is 10.2. The second-order valence-corrected chi connectivity index (χ2v) is 5.87. The number of aliphatic hydroxyl groups is 1. The predicted molar refractivity (Wildman–Crippen MR) is 69.4 cm³/mol. The summed E-state index contributed by atoms with van der Waals surface area (Å²) in [4.78, 5) is 11.1. The van der Waals surface area contributed by atoms with Gasteiger partial charge in [0.15, 0.2) is 0 Å². The minimum atomic E-state index is -3.70. The van der Waals surface area contributed by atoms with E-state index in [1.54, 1.807) is 6.92 Å². The van der Waals surface area contributed by atoms with Crippen molar-refractivity contribution in [3.8, 4) is 0 Å². The van der Waals surface area contributed by atoms with Gasteiger partial charge in [0, 0.05) is 17.5 Å². The quantitative estimate of drug-likeness (QED) is 0.794. The molecule has 0 saturated carbocycles. The Kier molecular flexibility index (Phi) is 3.70. The molecule has 19 heavy (non-hydrogen) atoms. The smallest absolute Gasteiger partial charge is 0.336 e. The number of hydrogen-bond donors (Lipinski definition) is 2. The van der Waals surface area contributed by atoms with Crippen molar-refractivity contribution in [1.29, 1.82) is 0 Å². The predicted octanol–water partition coefficient (Wildman–Crippen LogP) is 0.452. The lowest BCUT2D eigenvalue weighted by molar-refractivity contribution is 0.265. The molecule has 0 fully saturated rings. The summed E-state index contributed by atoms with van der Waals surface area (Å²) in [5, 5.41) is 9.38. The summed E-state index contributed by atoms with van der Waals surface area (Å²) >= 11 is 0. The van der Waals surface area contributed by atoms with Crippen LogP contribution in [0.15, 0.2) is 44.4 Å². The number of nitrogens with one attached hydrogen (secondary N) is 1. The molecule has 0 bridgehead atoms. The molecule has 2 aromatic rings. The fraction of sp³-hybridized carbons (Fsp3) is 0.250. The molecule has 6 nitrogen and oxygen atoms in total. The minimum absolute atomic E-state index is 0.0501. The van der Waals surface area contributed by atoms with E-state index in [0.717, 1.165) is 0 Å². The number of aliphatic hydroxyl groups excluding tert-OH is 1. The topological polar surface area (TPSA) is 96.6 Å². The first kappa shape index (κ1) is 13.7. The molecule has 0 aliphatic carbocycles. The molecule has 1 aromatic carbocycles. The molecule has 1 heterocycles. The molecule has 0 aliphatic heterocycles. The van der Waals surface area contributed by atoms with Crippen molar-refractivity contribution in [1.82, 2.24) is 4.72 Å². The second-order valence-electron chi connectivity index (χ2n) is 4.16. The van der Waals surface area contributed by atoms with Crippen molar-refractivity contribution in [3.05, 3.63) is 40.8 Å². The third-order valence-corrected chi connectivity index (χ3v) is 4.12. The van der Waals surface area contributed by atoms with Gasteiger partial charge in [-0.25, -0.2) is 17.9 Å². The van der Waals surface area contributed by atoms with E-state index in [4.69, 9.17) is 9.52 Å². The normalized spacial score (nSPS) is 13.6. The zero-order chi connectivity index (χ0) is 14.0. The van der Waals surface area contributed by atoms with Crippen molar-refractivity contribution in [2.45, 2.75) is 17.9 Å².